The lowest BCUT2D eigenvalue weighted by atomic mass is 10.0. The summed E-state index contributed by atoms with van der Waals surface area (Å²) in [7, 11) is 1.89. The van der Waals surface area contributed by atoms with E-state index in [2.05, 4.69) is 57.4 Å². The average Bonchev–Trinajstić information content (AvgIpc) is 3.20. The van der Waals surface area contributed by atoms with E-state index in [4.69, 9.17) is 4.74 Å². The Morgan fingerprint density at radius 3 is 2.68 bits per heavy atom. The molecule has 0 spiro atoms. The van der Waals surface area contributed by atoms with E-state index in [9.17, 15) is 4.79 Å². The minimum atomic E-state index is -0.113. The van der Waals surface area contributed by atoms with Crippen molar-refractivity contribution in [2.24, 2.45) is 7.05 Å². The number of ether oxygens (including phenoxy) is 1. The number of nitrogens with zero attached hydrogens (tertiary/aromatic N) is 5. The third-order valence-corrected chi connectivity index (χ3v) is 6.21. The number of pyridine rings is 1. The first kappa shape index (κ1) is 22.3. The van der Waals surface area contributed by atoms with Crippen molar-refractivity contribution in [3.63, 3.8) is 0 Å². The van der Waals surface area contributed by atoms with Gasteiger partial charge in [0.15, 0.2) is 0 Å². The summed E-state index contributed by atoms with van der Waals surface area (Å²) in [6.45, 7) is 3.27. The first-order chi connectivity index (χ1) is 16.6. The number of aromatic nitrogens is 3. The molecule has 1 aliphatic rings. The summed E-state index contributed by atoms with van der Waals surface area (Å²) in [6.07, 6.45) is 7.24. The molecule has 1 atom stereocenters. The summed E-state index contributed by atoms with van der Waals surface area (Å²) in [5.74, 6) is 0.108. The maximum absolute atomic E-state index is 13.3. The number of carbonyl (C=O) groups excluding carboxylic acids is 1. The Hall–Kier alpha value is -3.55. The summed E-state index contributed by atoms with van der Waals surface area (Å²) >= 11 is 0. The van der Waals surface area contributed by atoms with E-state index >= 15 is 0 Å². The van der Waals surface area contributed by atoms with E-state index in [1.165, 1.54) is 16.3 Å². The highest BCUT2D eigenvalue weighted by molar-refractivity contribution is 5.85. The fourth-order valence-corrected chi connectivity index (χ4v) is 4.57. The van der Waals surface area contributed by atoms with Crippen LogP contribution < -0.4 is 0 Å². The van der Waals surface area contributed by atoms with Crippen LogP contribution in [0.5, 0.6) is 0 Å². The van der Waals surface area contributed by atoms with Gasteiger partial charge in [0.2, 0.25) is 5.91 Å². The number of amides is 1. The molecular weight excluding hydrogens is 426 g/mol. The fraction of sp³-hybridized carbons (Fsp3) is 0.296. The largest absolute Gasteiger partial charge is 0.370 e. The molecule has 1 amide bonds. The molecule has 2 aromatic heterocycles. The van der Waals surface area contributed by atoms with Crippen molar-refractivity contribution in [1.29, 1.82) is 0 Å². The van der Waals surface area contributed by atoms with Crippen molar-refractivity contribution in [3.05, 3.63) is 96.1 Å². The summed E-state index contributed by atoms with van der Waals surface area (Å²) in [5.41, 5.74) is 3.26. The van der Waals surface area contributed by atoms with E-state index < -0.39 is 0 Å². The van der Waals surface area contributed by atoms with Crippen molar-refractivity contribution in [2.75, 3.05) is 19.6 Å². The number of carbonyl (C=O) groups is 1. The minimum Gasteiger partial charge on any atom is -0.370 e. The first-order valence-electron chi connectivity index (χ1n) is 11.6. The molecule has 1 saturated heterocycles. The van der Waals surface area contributed by atoms with Gasteiger partial charge in [0.05, 0.1) is 25.5 Å². The van der Waals surface area contributed by atoms with E-state index in [0.29, 0.717) is 39.3 Å². The fourth-order valence-electron chi connectivity index (χ4n) is 4.57. The number of rotatable bonds is 7. The Balaban J connectivity index is 1.36. The second-order valence-corrected chi connectivity index (χ2v) is 8.90. The third kappa shape index (κ3) is 5.32. The van der Waals surface area contributed by atoms with Gasteiger partial charge in [-0.15, -0.1) is 0 Å². The van der Waals surface area contributed by atoms with E-state index in [1.54, 1.807) is 10.9 Å². The van der Waals surface area contributed by atoms with E-state index in [1.807, 2.05) is 42.7 Å². The molecule has 7 heteroatoms. The summed E-state index contributed by atoms with van der Waals surface area (Å²) < 4.78 is 8.09. The highest BCUT2D eigenvalue weighted by Gasteiger charge is 2.29. The van der Waals surface area contributed by atoms with Crippen LogP contribution in [0, 0.1) is 0 Å². The predicted octanol–water partition coefficient (Wildman–Crippen LogP) is 3.40. The van der Waals surface area contributed by atoms with Crippen LogP contribution in [0.1, 0.15) is 16.7 Å². The van der Waals surface area contributed by atoms with Crippen LogP contribution >= 0.6 is 0 Å². The average molecular weight is 456 g/mol. The number of hydrogen-bond donors (Lipinski definition) is 0. The summed E-state index contributed by atoms with van der Waals surface area (Å²) in [5, 5.41) is 6.69. The van der Waals surface area contributed by atoms with Crippen molar-refractivity contribution in [2.45, 2.75) is 25.8 Å². The Labute approximate surface area is 199 Å². The normalized spacial score (nSPS) is 17.3. The zero-order chi connectivity index (χ0) is 23.3. The number of hydrogen-bond acceptors (Lipinski definition) is 5. The Morgan fingerprint density at radius 2 is 1.85 bits per heavy atom. The molecule has 5 rings (SSSR count). The zero-order valence-corrected chi connectivity index (χ0v) is 19.4. The van der Waals surface area contributed by atoms with Crippen LogP contribution in [0.15, 0.2) is 79.4 Å². The molecule has 34 heavy (non-hydrogen) atoms. The van der Waals surface area contributed by atoms with Crippen LogP contribution in [-0.2, 0) is 36.3 Å². The van der Waals surface area contributed by atoms with Gasteiger partial charge >= 0.3 is 0 Å². The Bertz CT molecular complexity index is 1250. The molecular formula is C27H29N5O2. The minimum absolute atomic E-state index is 0.108. The van der Waals surface area contributed by atoms with Crippen molar-refractivity contribution in [3.8, 4) is 0 Å². The summed E-state index contributed by atoms with van der Waals surface area (Å²) in [6, 6.07) is 18.7. The Morgan fingerprint density at radius 1 is 0.971 bits per heavy atom. The topological polar surface area (TPSA) is 63.5 Å². The standard InChI is InChI=1S/C27H29N5O2/c1-30-14-22(13-29-30)15-32-18-25(34-20-21-6-5-11-28-12-21)17-31(19-27(32)33)16-24-9-4-8-23-7-2-3-10-26(23)24/h2-14,25H,15-20H2,1H3. The lowest BCUT2D eigenvalue weighted by Gasteiger charge is -2.25. The van der Waals surface area contributed by atoms with Gasteiger partial charge in [-0.3, -0.25) is 19.4 Å². The zero-order valence-electron chi connectivity index (χ0n) is 19.4. The molecule has 1 fully saturated rings. The van der Waals surface area contributed by atoms with Gasteiger partial charge in [-0.1, -0.05) is 48.5 Å². The van der Waals surface area contributed by atoms with Gasteiger partial charge < -0.3 is 9.64 Å². The lowest BCUT2D eigenvalue weighted by molar-refractivity contribution is -0.132. The monoisotopic (exact) mass is 455 g/mol. The number of aryl methyl sites for hydroxylation is 1. The maximum atomic E-state index is 13.3. The van der Waals surface area contributed by atoms with Crippen LogP contribution in [0.25, 0.3) is 10.8 Å². The van der Waals surface area contributed by atoms with Crippen molar-refractivity contribution >= 4 is 16.7 Å². The molecule has 1 aliphatic heterocycles. The molecule has 0 N–H and O–H groups in total. The van der Waals surface area contributed by atoms with Crippen molar-refractivity contribution in [1.82, 2.24) is 24.6 Å². The molecule has 0 radical (unpaired) electrons. The molecule has 0 bridgehead atoms. The second-order valence-electron chi connectivity index (χ2n) is 8.90. The van der Waals surface area contributed by atoms with Gasteiger partial charge in [0.25, 0.3) is 0 Å². The number of fused-ring (bicyclic) bond motifs is 1. The lowest BCUT2D eigenvalue weighted by Crippen LogP contribution is -2.37. The van der Waals surface area contributed by atoms with Gasteiger partial charge in [0, 0.05) is 57.4 Å². The van der Waals surface area contributed by atoms with Gasteiger partial charge in [0.1, 0.15) is 0 Å². The molecule has 0 aliphatic carbocycles. The van der Waals surface area contributed by atoms with Gasteiger partial charge in [-0.25, -0.2) is 0 Å². The first-order valence-corrected chi connectivity index (χ1v) is 11.6. The Kier molecular flexibility index (Phi) is 6.65. The molecule has 2 aromatic carbocycles. The molecule has 1 unspecified atom stereocenters. The maximum Gasteiger partial charge on any atom is 0.237 e. The smallest absolute Gasteiger partial charge is 0.237 e. The second kappa shape index (κ2) is 10.2. The van der Waals surface area contributed by atoms with Crippen LogP contribution in [0.3, 0.4) is 0 Å². The molecule has 174 valence electrons. The van der Waals surface area contributed by atoms with E-state index in [0.717, 1.165) is 11.1 Å². The van der Waals surface area contributed by atoms with Crippen LogP contribution in [-0.4, -0.2) is 56.2 Å². The van der Waals surface area contributed by atoms with Crippen LogP contribution in [0.2, 0.25) is 0 Å². The van der Waals surface area contributed by atoms with Gasteiger partial charge in [-0.05, 0) is 28.0 Å². The highest BCUT2D eigenvalue weighted by atomic mass is 16.5. The quantitative estimate of drug-likeness (QED) is 0.427. The molecule has 7 nitrogen and oxygen atoms in total. The number of benzene rings is 2. The van der Waals surface area contributed by atoms with Crippen molar-refractivity contribution < 1.29 is 9.53 Å². The third-order valence-electron chi connectivity index (χ3n) is 6.21. The van der Waals surface area contributed by atoms with E-state index in [-0.39, 0.29) is 12.0 Å². The molecule has 0 saturated carbocycles. The predicted molar refractivity (Wildman–Crippen MR) is 131 cm³/mol. The van der Waals surface area contributed by atoms with Crippen LogP contribution in [0.4, 0.5) is 0 Å². The molecule has 4 aromatic rings. The highest BCUT2D eigenvalue weighted by Crippen LogP contribution is 2.22. The SMILES string of the molecule is Cn1cc(CN2CC(OCc3cccnc3)CN(Cc3cccc4ccccc34)CC2=O)cn1. The van der Waals surface area contributed by atoms with Gasteiger partial charge in [-0.2, -0.15) is 5.10 Å². The molecule has 3 heterocycles. The summed E-state index contributed by atoms with van der Waals surface area (Å²) in [4.78, 5) is 21.6.